The number of piperidine rings is 1. The maximum atomic E-state index is 12.2. The van der Waals surface area contributed by atoms with Gasteiger partial charge in [0.2, 0.25) is 5.91 Å². The van der Waals surface area contributed by atoms with Crippen molar-refractivity contribution in [3.05, 3.63) is 38.7 Å². The molecule has 1 saturated heterocycles. The van der Waals surface area contributed by atoms with Crippen molar-refractivity contribution in [2.24, 2.45) is 14.1 Å². The highest BCUT2D eigenvalue weighted by Gasteiger charge is 2.21. The fourth-order valence-electron chi connectivity index (χ4n) is 2.63. The first-order valence-electron chi connectivity index (χ1n) is 7.17. The second-order valence-electron chi connectivity index (χ2n) is 5.55. The van der Waals surface area contributed by atoms with Gasteiger partial charge < -0.3 is 9.47 Å². The highest BCUT2D eigenvalue weighted by Crippen LogP contribution is 2.16. The van der Waals surface area contributed by atoms with Crippen molar-refractivity contribution in [1.82, 2.24) is 14.0 Å². The Bertz CT molecular complexity index is 684. The Morgan fingerprint density at radius 1 is 1.29 bits per heavy atom. The number of aromatic nitrogens is 2. The van der Waals surface area contributed by atoms with Crippen molar-refractivity contribution in [3.63, 3.8) is 0 Å². The van der Waals surface area contributed by atoms with Crippen LogP contribution in [0.15, 0.2) is 21.9 Å². The van der Waals surface area contributed by atoms with Crippen molar-refractivity contribution >= 4 is 12.0 Å². The molecular formula is C15H21N3O3. The van der Waals surface area contributed by atoms with Crippen LogP contribution in [-0.4, -0.2) is 32.5 Å². The minimum absolute atomic E-state index is 0.0851. The topological polar surface area (TPSA) is 64.3 Å². The fraction of sp³-hybridized carbons (Fsp3) is 0.533. The standard InChI is InChI=1S/C15H21N3O3/c1-11-6-4-5-9-18(11)13(19)8-7-12-10-16(2)15(21)17(3)14(12)20/h7-8,10-11H,4-6,9H2,1-3H3/b8-7+. The number of rotatable bonds is 2. The molecule has 2 heterocycles. The van der Waals surface area contributed by atoms with Gasteiger partial charge in [-0.15, -0.1) is 0 Å². The van der Waals surface area contributed by atoms with Gasteiger partial charge in [0.15, 0.2) is 0 Å². The lowest BCUT2D eigenvalue weighted by Crippen LogP contribution is -2.41. The van der Waals surface area contributed by atoms with Gasteiger partial charge in [-0.25, -0.2) is 4.79 Å². The summed E-state index contributed by atoms with van der Waals surface area (Å²) in [4.78, 5) is 37.6. The van der Waals surface area contributed by atoms with Crippen LogP contribution in [0.5, 0.6) is 0 Å². The molecule has 1 amide bonds. The minimum Gasteiger partial charge on any atom is -0.336 e. The van der Waals surface area contributed by atoms with Gasteiger partial charge in [0, 0.05) is 39.0 Å². The van der Waals surface area contributed by atoms with Crippen LogP contribution in [0.25, 0.3) is 6.08 Å². The first-order chi connectivity index (χ1) is 9.91. The molecule has 0 radical (unpaired) electrons. The lowest BCUT2D eigenvalue weighted by molar-refractivity contribution is -0.129. The van der Waals surface area contributed by atoms with Gasteiger partial charge in [0.1, 0.15) is 0 Å². The van der Waals surface area contributed by atoms with Crippen LogP contribution in [0.2, 0.25) is 0 Å². The Hall–Kier alpha value is -2.11. The van der Waals surface area contributed by atoms with Gasteiger partial charge in [0.05, 0.1) is 5.56 Å². The second kappa shape index (κ2) is 6.11. The SMILES string of the molecule is CC1CCCCN1C(=O)/C=C/c1cn(C)c(=O)n(C)c1=O. The van der Waals surface area contributed by atoms with Gasteiger partial charge in [-0.3, -0.25) is 14.2 Å². The van der Waals surface area contributed by atoms with Crippen LogP contribution in [0.1, 0.15) is 31.7 Å². The van der Waals surface area contributed by atoms with E-state index in [2.05, 4.69) is 0 Å². The van der Waals surface area contributed by atoms with E-state index in [9.17, 15) is 14.4 Å². The monoisotopic (exact) mass is 291 g/mol. The number of carbonyl (C=O) groups excluding carboxylic acids is 1. The van der Waals surface area contributed by atoms with E-state index in [-0.39, 0.29) is 17.6 Å². The van der Waals surface area contributed by atoms with Crippen molar-refractivity contribution in [2.45, 2.75) is 32.2 Å². The molecule has 0 aliphatic carbocycles. The number of amides is 1. The highest BCUT2D eigenvalue weighted by atomic mass is 16.2. The van der Waals surface area contributed by atoms with Crippen molar-refractivity contribution in [1.29, 1.82) is 0 Å². The first kappa shape index (κ1) is 15.3. The van der Waals surface area contributed by atoms with Crippen molar-refractivity contribution in [3.8, 4) is 0 Å². The smallest absolute Gasteiger partial charge is 0.330 e. The maximum absolute atomic E-state index is 12.2. The van der Waals surface area contributed by atoms with Crippen molar-refractivity contribution in [2.75, 3.05) is 6.54 Å². The summed E-state index contributed by atoms with van der Waals surface area (Å²) in [5.41, 5.74) is -0.445. The molecule has 0 saturated carbocycles. The molecular weight excluding hydrogens is 270 g/mol. The van der Waals surface area contributed by atoms with Gasteiger partial charge in [-0.05, 0) is 32.3 Å². The highest BCUT2D eigenvalue weighted by molar-refractivity contribution is 5.91. The average molecular weight is 291 g/mol. The molecule has 21 heavy (non-hydrogen) atoms. The van der Waals surface area contributed by atoms with Crippen LogP contribution in [-0.2, 0) is 18.9 Å². The summed E-state index contributed by atoms with van der Waals surface area (Å²) in [6.45, 7) is 2.80. The van der Waals surface area contributed by atoms with E-state index in [1.54, 1.807) is 7.05 Å². The third kappa shape index (κ3) is 3.15. The molecule has 0 spiro atoms. The third-order valence-corrected chi connectivity index (χ3v) is 3.96. The normalized spacial score (nSPS) is 19.2. The molecule has 2 rings (SSSR count). The van der Waals surface area contributed by atoms with Gasteiger partial charge in [-0.2, -0.15) is 0 Å². The predicted octanol–water partition coefficient (Wildman–Crippen LogP) is 0.498. The zero-order chi connectivity index (χ0) is 15.6. The lowest BCUT2D eigenvalue weighted by Gasteiger charge is -2.32. The van der Waals surface area contributed by atoms with Crippen molar-refractivity contribution < 1.29 is 4.79 Å². The molecule has 0 bridgehead atoms. The molecule has 6 heteroatoms. The van der Waals surface area contributed by atoms with E-state index in [0.29, 0.717) is 5.56 Å². The number of carbonyl (C=O) groups is 1. The summed E-state index contributed by atoms with van der Waals surface area (Å²) in [6, 6.07) is 0.235. The van der Waals surface area contributed by atoms with E-state index < -0.39 is 5.56 Å². The Balaban J connectivity index is 2.24. The van der Waals surface area contributed by atoms with Gasteiger partial charge in [-0.1, -0.05) is 0 Å². The number of aryl methyl sites for hydroxylation is 1. The average Bonchev–Trinajstić information content (AvgIpc) is 2.47. The summed E-state index contributed by atoms with van der Waals surface area (Å²) >= 11 is 0. The predicted molar refractivity (Wildman–Crippen MR) is 81.0 cm³/mol. The zero-order valence-corrected chi connectivity index (χ0v) is 12.7. The Kier molecular flexibility index (Phi) is 4.45. The first-order valence-corrected chi connectivity index (χ1v) is 7.17. The second-order valence-corrected chi connectivity index (χ2v) is 5.55. The summed E-state index contributed by atoms with van der Waals surface area (Å²) in [5.74, 6) is -0.0851. The van der Waals surface area contributed by atoms with Gasteiger partial charge in [0.25, 0.3) is 5.56 Å². The number of hydrogen-bond donors (Lipinski definition) is 0. The van der Waals surface area contributed by atoms with Crippen LogP contribution >= 0.6 is 0 Å². The number of nitrogens with zero attached hydrogens (tertiary/aromatic N) is 3. The Labute approximate surface area is 123 Å². The summed E-state index contributed by atoms with van der Waals surface area (Å²) in [7, 11) is 3.00. The molecule has 1 fully saturated rings. The van der Waals surface area contributed by atoms with Crippen LogP contribution < -0.4 is 11.2 Å². The van der Waals surface area contributed by atoms with Crippen LogP contribution in [0.3, 0.4) is 0 Å². The third-order valence-electron chi connectivity index (χ3n) is 3.96. The molecule has 1 aliphatic rings. The van der Waals surface area contributed by atoms with E-state index >= 15 is 0 Å². The maximum Gasteiger partial charge on any atom is 0.330 e. The zero-order valence-electron chi connectivity index (χ0n) is 12.7. The summed E-state index contributed by atoms with van der Waals surface area (Å²) in [6.07, 6.45) is 7.55. The number of likely N-dealkylation sites (tertiary alicyclic amines) is 1. The Morgan fingerprint density at radius 2 is 2.00 bits per heavy atom. The molecule has 1 aromatic rings. The molecule has 1 aliphatic heterocycles. The number of hydrogen-bond acceptors (Lipinski definition) is 3. The molecule has 114 valence electrons. The summed E-state index contributed by atoms with van der Waals surface area (Å²) in [5, 5.41) is 0. The minimum atomic E-state index is -0.395. The van der Waals surface area contributed by atoms with E-state index in [0.717, 1.165) is 30.4 Å². The Morgan fingerprint density at radius 3 is 2.67 bits per heavy atom. The largest absolute Gasteiger partial charge is 0.336 e. The van der Waals surface area contributed by atoms with E-state index in [4.69, 9.17) is 0 Å². The fourth-order valence-corrected chi connectivity index (χ4v) is 2.63. The summed E-state index contributed by atoms with van der Waals surface area (Å²) < 4.78 is 2.36. The quantitative estimate of drug-likeness (QED) is 0.745. The van der Waals surface area contributed by atoms with Crippen LogP contribution in [0, 0.1) is 0 Å². The molecule has 1 atom stereocenters. The molecule has 6 nitrogen and oxygen atoms in total. The molecule has 0 N–H and O–H groups in total. The van der Waals surface area contributed by atoms with E-state index in [1.807, 2.05) is 11.8 Å². The van der Waals surface area contributed by atoms with Gasteiger partial charge >= 0.3 is 5.69 Å². The molecule has 1 unspecified atom stereocenters. The van der Waals surface area contributed by atoms with E-state index in [1.165, 1.54) is 30.0 Å². The molecule has 1 aromatic heterocycles. The lowest BCUT2D eigenvalue weighted by atomic mass is 10.0. The molecule has 0 aromatic carbocycles. The van der Waals surface area contributed by atoms with Crippen LogP contribution in [0.4, 0.5) is 0 Å².